The molecule has 2 rings (SSSR count). The second kappa shape index (κ2) is 6.15. The summed E-state index contributed by atoms with van der Waals surface area (Å²) < 4.78 is 5.13. The molecule has 0 saturated heterocycles. The number of amides is 1. The molecule has 4 nitrogen and oxygen atoms in total. The average molecular weight is 274 g/mol. The normalized spacial score (nSPS) is 10.1. The fourth-order valence-electron chi connectivity index (χ4n) is 1.63. The zero-order valence-electron chi connectivity index (χ0n) is 10.3. The van der Waals surface area contributed by atoms with E-state index in [1.165, 1.54) is 0 Å². The van der Waals surface area contributed by atoms with Crippen LogP contribution in [0.25, 0.3) is 0 Å². The standard InChI is InChI=1S/C14H14N2O2S/c15-14(19)11-5-3-10(4-6-11)8-13(17)16-9-12-2-1-7-18-12/h1-7H,8-9H2,(H2,15,19)(H,16,17). The molecule has 1 heterocycles. The van der Waals surface area contributed by atoms with Crippen LogP contribution in [-0.4, -0.2) is 10.9 Å². The molecule has 19 heavy (non-hydrogen) atoms. The molecule has 0 saturated carbocycles. The fraction of sp³-hybridized carbons (Fsp3) is 0.143. The maximum absolute atomic E-state index is 11.7. The first-order valence-electron chi connectivity index (χ1n) is 5.83. The number of furan rings is 1. The smallest absolute Gasteiger partial charge is 0.224 e. The number of nitrogens with one attached hydrogen (secondary N) is 1. The maximum Gasteiger partial charge on any atom is 0.224 e. The van der Waals surface area contributed by atoms with Crippen molar-refractivity contribution in [2.45, 2.75) is 13.0 Å². The molecule has 1 aromatic carbocycles. The predicted octanol–water partition coefficient (Wildman–Crippen LogP) is 1.77. The summed E-state index contributed by atoms with van der Waals surface area (Å²) in [5, 5.41) is 2.79. The summed E-state index contributed by atoms with van der Waals surface area (Å²) in [4.78, 5) is 12.1. The number of hydrogen-bond acceptors (Lipinski definition) is 3. The van der Waals surface area contributed by atoms with Crippen molar-refractivity contribution < 1.29 is 9.21 Å². The zero-order chi connectivity index (χ0) is 13.7. The highest BCUT2D eigenvalue weighted by atomic mass is 32.1. The predicted molar refractivity (Wildman–Crippen MR) is 76.6 cm³/mol. The van der Waals surface area contributed by atoms with Gasteiger partial charge >= 0.3 is 0 Å². The van der Waals surface area contributed by atoms with Crippen molar-refractivity contribution >= 4 is 23.1 Å². The molecule has 0 aliphatic rings. The first kappa shape index (κ1) is 13.3. The molecule has 0 unspecified atom stereocenters. The fourth-order valence-corrected chi connectivity index (χ4v) is 1.77. The van der Waals surface area contributed by atoms with Crippen molar-refractivity contribution in [3.05, 3.63) is 59.5 Å². The number of carbonyl (C=O) groups excluding carboxylic acids is 1. The van der Waals surface area contributed by atoms with Gasteiger partial charge in [0.05, 0.1) is 19.2 Å². The quantitative estimate of drug-likeness (QED) is 0.815. The molecule has 1 amide bonds. The van der Waals surface area contributed by atoms with Gasteiger partial charge in [-0.3, -0.25) is 4.79 Å². The van der Waals surface area contributed by atoms with Gasteiger partial charge in [0, 0.05) is 5.56 Å². The molecule has 5 heteroatoms. The summed E-state index contributed by atoms with van der Waals surface area (Å²) in [7, 11) is 0. The molecular weight excluding hydrogens is 260 g/mol. The Balaban J connectivity index is 1.86. The van der Waals surface area contributed by atoms with E-state index < -0.39 is 0 Å². The first-order chi connectivity index (χ1) is 9.15. The van der Waals surface area contributed by atoms with Crippen LogP contribution >= 0.6 is 12.2 Å². The molecule has 0 radical (unpaired) electrons. The lowest BCUT2D eigenvalue weighted by Gasteiger charge is -2.04. The van der Waals surface area contributed by atoms with Gasteiger partial charge in [-0.25, -0.2) is 0 Å². The summed E-state index contributed by atoms with van der Waals surface area (Å²) in [6.07, 6.45) is 1.90. The van der Waals surface area contributed by atoms with Gasteiger partial charge in [0.15, 0.2) is 0 Å². The van der Waals surface area contributed by atoms with E-state index in [4.69, 9.17) is 22.4 Å². The Morgan fingerprint density at radius 3 is 2.58 bits per heavy atom. The number of thiocarbonyl (C=S) groups is 1. The Labute approximate surface area is 116 Å². The Hall–Kier alpha value is -2.14. The van der Waals surface area contributed by atoms with Crippen molar-refractivity contribution in [3.63, 3.8) is 0 Å². The summed E-state index contributed by atoms with van der Waals surface area (Å²) in [6.45, 7) is 0.400. The largest absolute Gasteiger partial charge is 0.467 e. The first-order valence-corrected chi connectivity index (χ1v) is 6.24. The third-order valence-corrected chi connectivity index (χ3v) is 2.88. The van der Waals surface area contributed by atoms with Gasteiger partial charge in [-0.2, -0.15) is 0 Å². The van der Waals surface area contributed by atoms with Gasteiger partial charge in [0.25, 0.3) is 0 Å². The lowest BCUT2D eigenvalue weighted by Crippen LogP contribution is -2.24. The minimum absolute atomic E-state index is 0.0560. The molecule has 0 bridgehead atoms. The van der Waals surface area contributed by atoms with Gasteiger partial charge in [-0.1, -0.05) is 36.5 Å². The van der Waals surface area contributed by atoms with E-state index in [-0.39, 0.29) is 5.91 Å². The zero-order valence-corrected chi connectivity index (χ0v) is 11.1. The Morgan fingerprint density at radius 1 is 1.26 bits per heavy atom. The number of hydrogen-bond donors (Lipinski definition) is 2. The Morgan fingerprint density at radius 2 is 2.00 bits per heavy atom. The molecule has 0 aliphatic carbocycles. The third-order valence-electron chi connectivity index (χ3n) is 2.64. The minimum Gasteiger partial charge on any atom is -0.467 e. The highest BCUT2D eigenvalue weighted by Crippen LogP contribution is 2.05. The lowest BCUT2D eigenvalue weighted by molar-refractivity contribution is -0.120. The van der Waals surface area contributed by atoms with E-state index in [0.29, 0.717) is 18.0 Å². The van der Waals surface area contributed by atoms with E-state index >= 15 is 0 Å². The minimum atomic E-state index is -0.0560. The van der Waals surface area contributed by atoms with E-state index in [1.54, 1.807) is 12.3 Å². The van der Waals surface area contributed by atoms with Crippen LogP contribution in [0.4, 0.5) is 0 Å². The Bertz CT molecular complexity index is 562. The molecule has 98 valence electrons. The van der Waals surface area contributed by atoms with E-state index in [9.17, 15) is 4.79 Å². The third kappa shape index (κ3) is 3.93. The summed E-state index contributed by atoms with van der Waals surface area (Å²) in [6, 6.07) is 10.9. The number of nitrogens with two attached hydrogens (primary N) is 1. The van der Waals surface area contributed by atoms with Crippen molar-refractivity contribution in [2.24, 2.45) is 5.73 Å². The van der Waals surface area contributed by atoms with Crippen LogP contribution in [0.5, 0.6) is 0 Å². The van der Waals surface area contributed by atoms with Gasteiger partial charge in [-0.05, 0) is 17.7 Å². The van der Waals surface area contributed by atoms with Gasteiger partial charge in [-0.15, -0.1) is 0 Å². The van der Waals surface area contributed by atoms with Crippen LogP contribution in [0.15, 0.2) is 47.1 Å². The van der Waals surface area contributed by atoms with Crippen molar-refractivity contribution in [1.82, 2.24) is 5.32 Å². The van der Waals surface area contributed by atoms with E-state index in [0.717, 1.165) is 16.9 Å². The average Bonchev–Trinajstić information content (AvgIpc) is 2.90. The number of rotatable bonds is 5. The summed E-state index contributed by atoms with van der Waals surface area (Å²) >= 11 is 4.87. The van der Waals surface area contributed by atoms with Crippen molar-refractivity contribution in [2.75, 3.05) is 0 Å². The van der Waals surface area contributed by atoms with E-state index in [2.05, 4.69) is 5.32 Å². The topological polar surface area (TPSA) is 68.3 Å². The molecular formula is C14H14N2O2S. The second-order valence-corrected chi connectivity index (χ2v) is 4.53. The van der Waals surface area contributed by atoms with Crippen molar-refractivity contribution in [1.29, 1.82) is 0 Å². The number of carbonyl (C=O) groups is 1. The van der Waals surface area contributed by atoms with Crippen LogP contribution in [0.2, 0.25) is 0 Å². The van der Waals surface area contributed by atoms with Gasteiger partial charge in [0.2, 0.25) is 5.91 Å². The Kier molecular flexibility index (Phi) is 4.30. The lowest BCUT2D eigenvalue weighted by atomic mass is 10.1. The molecule has 0 fully saturated rings. The highest BCUT2D eigenvalue weighted by Gasteiger charge is 2.05. The van der Waals surface area contributed by atoms with Crippen LogP contribution in [-0.2, 0) is 17.8 Å². The molecule has 0 atom stereocenters. The van der Waals surface area contributed by atoms with Crippen molar-refractivity contribution in [3.8, 4) is 0 Å². The summed E-state index contributed by atoms with van der Waals surface area (Å²) in [5.74, 6) is 0.677. The van der Waals surface area contributed by atoms with Crippen LogP contribution in [0, 0.1) is 0 Å². The molecule has 0 aliphatic heterocycles. The SMILES string of the molecule is NC(=S)c1ccc(CC(=O)NCc2ccco2)cc1. The van der Waals surface area contributed by atoms with Gasteiger partial charge in [0.1, 0.15) is 10.7 Å². The van der Waals surface area contributed by atoms with Gasteiger partial charge < -0.3 is 15.5 Å². The molecule has 1 aromatic heterocycles. The number of benzene rings is 1. The van der Waals surface area contributed by atoms with Crippen LogP contribution in [0.1, 0.15) is 16.9 Å². The van der Waals surface area contributed by atoms with Crippen LogP contribution < -0.4 is 11.1 Å². The summed E-state index contributed by atoms with van der Waals surface area (Å²) in [5.41, 5.74) is 7.22. The molecule has 2 aromatic rings. The van der Waals surface area contributed by atoms with Crippen LogP contribution in [0.3, 0.4) is 0 Å². The monoisotopic (exact) mass is 274 g/mol. The maximum atomic E-state index is 11.7. The molecule has 3 N–H and O–H groups in total. The molecule has 0 spiro atoms. The van der Waals surface area contributed by atoms with E-state index in [1.807, 2.05) is 30.3 Å². The second-order valence-electron chi connectivity index (χ2n) is 4.09. The highest BCUT2D eigenvalue weighted by molar-refractivity contribution is 7.80.